The van der Waals surface area contributed by atoms with E-state index < -0.39 is 0 Å². The van der Waals surface area contributed by atoms with Gasteiger partial charge in [0.05, 0.1) is 0 Å². The van der Waals surface area contributed by atoms with Crippen LogP contribution in [0.5, 0.6) is 0 Å². The van der Waals surface area contributed by atoms with Gasteiger partial charge in [-0.3, -0.25) is 0 Å². The van der Waals surface area contributed by atoms with E-state index in [1.807, 2.05) is 19.9 Å². The molecule has 0 N–H and O–H groups in total. The number of nitrogens with zero attached hydrogens (tertiary/aromatic N) is 1. The molecule has 0 fully saturated rings. The van der Waals surface area contributed by atoms with Gasteiger partial charge in [-0.2, -0.15) is 4.73 Å². The maximum atomic E-state index is 11.7. The lowest BCUT2D eigenvalue weighted by Gasteiger charge is -2.07. The zero-order valence-electron chi connectivity index (χ0n) is 8.04. The van der Waals surface area contributed by atoms with Gasteiger partial charge in [0.2, 0.25) is 5.52 Å². The standard InChI is InChI=1S/C11H10ClNO/c1-7-5-9-6-10(12)3-4-11(9)13(14)8(7)2/h3-6H,1-2H3. The molecule has 0 spiro atoms. The van der Waals surface area contributed by atoms with Crippen molar-refractivity contribution in [3.05, 3.63) is 45.8 Å². The summed E-state index contributed by atoms with van der Waals surface area (Å²) in [5.74, 6) is 0. The summed E-state index contributed by atoms with van der Waals surface area (Å²) in [7, 11) is 0. The largest absolute Gasteiger partial charge is 0.618 e. The highest BCUT2D eigenvalue weighted by molar-refractivity contribution is 6.31. The fourth-order valence-electron chi connectivity index (χ4n) is 1.50. The number of aromatic nitrogens is 1. The van der Waals surface area contributed by atoms with Crippen LogP contribution in [0.4, 0.5) is 0 Å². The van der Waals surface area contributed by atoms with E-state index in [4.69, 9.17) is 11.6 Å². The molecule has 1 heterocycles. The molecule has 2 rings (SSSR count). The third-order valence-corrected chi connectivity index (χ3v) is 2.69. The molecule has 1 aromatic carbocycles. The molecular formula is C11H10ClNO. The van der Waals surface area contributed by atoms with E-state index in [0.717, 1.165) is 21.4 Å². The molecule has 14 heavy (non-hydrogen) atoms. The van der Waals surface area contributed by atoms with Crippen LogP contribution in [0, 0.1) is 19.1 Å². The quantitative estimate of drug-likeness (QED) is 0.482. The monoisotopic (exact) mass is 207 g/mol. The Balaban J connectivity index is 2.91. The van der Waals surface area contributed by atoms with Crippen molar-refractivity contribution in [1.82, 2.24) is 0 Å². The zero-order chi connectivity index (χ0) is 10.3. The first-order valence-corrected chi connectivity index (χ1v) is 4.76. The smallest absolute Gasteiger partial charge is 0.224 e. The Bertz CT molecular complexity index is 508. The average Bonchev–Trinajstić information content (AvgIpc) is 2.14. The molecule has 0 aliphatic carbocycles. The Morgan fingerprint density at radius 1 is 1.21 bits per heavy atom. The maximum absolute atomic E-state index is 11.7. The molecule has 72 valence electrons. The molecular weight excluding hydrogens is 198 g/mol. The lowest BCUT2D eigenvalue weighted by molar-refractivity contribution is -0.584. The first kappa shape index (κ1) is 9.28. The summed E-state index contributed by atoms with van der Waals surface area (Å²) in [6.07, 6.45) is 0. The van der Waals surface area contributed by atoms with Crippen LogP contribution >= 0.6 is 11.6 Å². The molecule has 2 aromatic rings. The summed E-state index contributed by atoms with van der Waals surface area (Å²) in [6.45, 7) is 3.74. The highest BCUT2D eigenvalue weighted by Crippen LogP contribution is 2.18. The number of hydrogen-bond acceptors (Lipinski definition) is 1. The van der Waals surface area contributed by atoms with Crippen molar-refractivity contribution < 1.29 is 4.73 Å². The molecule has 0 radical (unpaired) electrons. The summed E-state index contributed by atoms with van der Waals surface area (Å²) in [4.78, 5) is 0. The molecule has 0 bridgehead atoms. The van der Waals surface area contributed by atoms with Crippen molar-refractivity contribution >= 4 is 22.5 Å². The number of fused-ring (bicyclic) bond motifs is 1. The molecule has 2 nitrogen and oxygen atoms in total. The predicted octanol–water partition coefficient (Wildman–Crippen LogP) is 2.74. The van der Waals surface area contributed by atoms with E-state index in [2.05, 4.69) is 0 Å². The minimum atomic E-state index is 0.653. The number of rotatable bonds is 0. The van der Waals surface area contributed by atoms with Crippen molar-refractivity contribution in [3.8, 4) is 0 Å². The molecule has 0 aliphatic rings. The van der Waals surface area contributed by atoms with E-state index in [9.17, 15) is 5.21 Å². The summed E-state index contributed by atoms with van der Waals surface area (Å²) in [5.41, 5.74) is 2.38. The van der Waals surface area contributed by atoms with E-state index >= 15 is 0 Å². The lowest BCUT2D eigenvalue weighted by Crippen LogP contribution is -2.31. The van der Waals surface area contributed by atoms with E-state index in [1.165, 1.54) is 0 Å². The third-order valence-electron chi connectivity index (χ3n) is 2.46. The van der Waals surface area contributed by atoms with Crippen LogP contribution in [0.2, 0.25) is 5.02 Å². The van der Waals surface area contributed by atoms with Crippen LogP contribution in [-0.4, -0.2) is 0 Å². The van der Waals surface area contributed by atoms with E-state index in [1.54, 1.807) is 18.2 Å². The third kappa shape index (κ3) is 1.32. The van der Waals surface area contributed by atoms with Gasteiger partial charge in [-0.15, -0.1) is 0 Å². The second-order valence-electron chi connectivity index (χ2n) is 3.41. The van der Waals surface area contributed by atoms with Gasteiger partial charge >= 0.3 is 0 Å². The summed E-state index contributed by atoms with van der Waals surface area (Å²) >= 11 is 5.85. The Labute approximate surface area is 87.3 Å². The lowest BCUT2D eigenvalue weighted by atomic mass is 10.1. The maximum Gasteiger partial charge on any atom is 0.224 e. The molecule has 3 heteroatoms. The number of pyridine rings is 1. The Morgan fingerprint density at radius 2 is 1.93 bits per heavy atom. The van der Waals surface area contributed by atoms with Gasteiger partial charge in [0.15, 0.2) is 5.69 Å². The highest BCUT2D eigenvalue weighted by atomic mass is 35.5. The number of aryl methyl sites for hydroxylation is 1. The van der Waals surface area contributed by atoms with Crippen molar-refractivity contribution in [3.63, 3.8) is 0 Å². The molecule has 0 unspecified atom stereocenters. The van der Waals surface area contributed by atoms with Gasteiger partial charge in [-0.1, -0.05) is 11.6 Å². The van der Waals surface area contributed by atoms with Crippen molar-refractivity contribution in [2.75, 3.05) is 0 Å². The van der Waals surface area contributed by atoms with Gasteiger partial charge in [0, 0.05) is 29.0 Å². The molecule has 0 saturated heterocycles. The molecule has 0 aliphatic heterocycles. The zero-order valence-corrected chi connectivity index (χ0v) is 8.80. The minimum Gasteiger partial charge on any atom is -0.618 e. The summed E-state index contributed by atoms with van der Waals surface area (Å²) in [6, 6.07) is 7.26. The molecule has 1 aromatic heterocycles. The van der Waals surface area contributed by atoms with Gasteiger partial charge in [-0.25, -0.2) is 0 Å². The summed E-state index contributed by atoms with van der Waals surface area (Å²) < 4.78 is 0.945. The molecule has 0 amide bonds. The second kappa shape index (κ2) is 3.14. The Kier molecular flexibility index (Phi) is 2.08. The van der Waals surface area contributed by atoms with Crippen LogP contribution in [0.25, 0.3) is 10.9 Å². The topological polar surface area (TPSA) is 26.9 Å². The molecule has 0 saturated carbocycles. The van der Waals surface area contributed by atoms with Crippen LogP contribution < -0.4 is 4.73 Å². The highest BCUT2D eigenvalue weighted by Gasteiger charge is 2.09. The predicted molar refractivity (Wildman–Crippen MR) is 57.4 cm³/mol. The first-order valence-electron chi connectivity index (χ1n) is 4.38. The van der Waals surface area contributed by atoms with Crippen LogP contribution in [0.1, 0.15) is 11.3 Å². The molecule has 0 atom stereocenters. The van der Waals surface area contributed by atoms with Crippen molar-refractivity contribution in [1.29, 1.82) is 0 Å². The summed E-state index contributed by atoms with van der Waals surface area (Å²) in [5, 5.41) is 13.3. The minimum absolute atomic E-state index is 0.653. The average molecular weight is 208 g/mol. The number of halogens is 1. The van der Waals surface area contributed by atoms with Crippen LogP contribution in [0.3, 0.4) is 0 Å². The Morgan fingerprint density at radius 3 is 2.64 bits per heavy atom. The van der Waals surface area contributed by atoms with Crippen molar-refractivity contribution in [2.24, 2.45) is 0 Å². The van der Waals surface area contributed by atoms with Crippen molar-refractivity contribution in [2.45, 2.75) is 13.8 Å². The Hall–Kier alpha value is -1.28. The second-order valence-corrected chi connectivity index (χ2v) is 3.85. The van der Waals surface area contributed by atoms with E-state index in [0.29, 0.717) is 10.5 Å². The van der Waals surface area contributed by atoms with Gasteiger partial charge in [0.25, 0.3) is 0 Å². The van der Waals surface area contributed by atoms with Crippen LogP contribution in [-0.2, 0) is 0 Å². The number of hydrogen-bond donors (Lipinski definition) is 0. The fourth-order valence-corrected chi connectivity index (χ4v) is 1.69. The van der Waals surface area contributed by atoms with Crippen LogP contribution in [0.15, 0.2) is 24.3 Å². The van der Waals surface area contributed by atoms with E-state index in [-0.39, 0.29) is 0 Å². The van der Waals surface area contributed by atoms with Gasteiger partial charge in [0.1, 0.15) is 0 Å². The normalized spacial score (nSPS) is 10.8. The first-order chi connectivity index (χ1) is 6.59. The fraction of sp³-hybridized carbons (Fsp3) is 0.182. The SMILES string of the molecule is Cc1cc2cc(Cl)ccc2[n+]([O-])c1C. The van der Waals surface area contributed by atoms with Gasteiger partial charge in [-0.05, 0) is 25.1 Å². The van der Waals surface area contributed by atoms with Gasteiger partial charge < -0.3 is 5.21 Å². The number of benzene rings is 1.